The molecule has 0 unspecified atom stereocenters. The maximum atomic E-state index is 9.10. The Hall–Kier alpha value is -1.92. The highest BCUT2D eigenvalue weighted by Crippen LogP contribution is 1.96. The van der Waals surface area contributed by atoms with Gasteiger partial charge in [0.1, 0.15) is 0 Å². The Morgan fingerprint density at radius 2 is 1.72 bits per heavy atom. The molecular formula is C12H17NO5. The third-order valence-corrected chi connectivity index (χ3v) is 1.84. The molecule has 0 amide bonds. The zero-order chi connectivity index (χ0) is 13.8. The SMILES string of the molecule is COCCNCc1ccccc1.O=C(O)C(=O)O. The van der Waals surface area contributed by atoms with Crippen molar-refractivity contribution in [3.05, 3.63) is 35.9 Å². The number of nitrogens with one attached hydrogen (secondary N) is 1. The third-order valence-electron chi connectivity index (χ3n) is 1.84. The molecule has 0 fully saturated rings. The van der Waals surface area contributed by atoms with Crippen molar-refractivity contribution >= 4 is 11.9 Å². The summed E-state index contributed by atoms with van der Waals surface area (Å²) < 4.78 is 4.92. The molecule has 1 aromatic carbocycles. The molecule has 3 N–H and O–H groups in total. The Kier molecular flexibility index (Phi) is 9.15. The topological polar surface area (TPSA) is 95.9 Å². The molecule has 0 aliphatic carbocycles. The highest BCUT2D eigenvalue weighted by atomic mass is 16.5. The van der Waals surface area contributed by atoms with Crippen molar-refractivity contribution in [1.29, 1.82) is 0 Å². The lowest BCUT2D eigenvalue weighted by molar-refractivity contribution is -0.159. The summed E-state index contributed by atoms with van der Waals surface area (Å²) in [6.07, 6.45) is 0. The monoisotopic (exact) mass is 255 g/mol. The van der Waals surface area contributed by atoms with Gasteiger partial charge >= 0.3 is 11.9 Å². The summed E-state index contributed by atoms with van der Waals surface area (Å²) in [4.78, 5) is 18.2. The molecule has 0 aliphatic heterocycles. The van der Waals surface area contributed by atoms with Gasteiger partial charge in [-0.15, -0.1) is 0 Å². The maximum absolute atomic E-state index is 9.10. The Labute approximate surface area is 105 Å². The predicted molar refractivity (Wildman–Crippen MR) is 65.3 cm³/mol. The van der Waals surface area contributed by atoms with Crippen molar-refractivity contribution in [2.45, 2.75) is 6.54 Å². The minimum atomic E-state index is -1.82. The molecule has 6 heteroatoms. The van der Waals surface area contributed by atoms with Crippen LogP contribution < -0.4 is 5.32 Å². The van der Waals surface area contributed by atoms with Crippen molar-refractivity contribution in [3.8, 4) is 0 Å². The number of carboxylic acids is 2. The average Bonchev–Trinajstić information content (AvgIpc) is 2.36. The van der Waals surface area contributed by atoms with Crippen LogP contribution in [0.4, 0.5) is 0 Å². The van der Waals surface area contributed by atoms with Gasteiger partial charge in [-0.25, -0.2) is 9.59 Å². The van der Waals surface area contributed by atoms with Crippen molar-refractivity contribution in [2.75, 3.05) is 20.3 Å². The van der Waals surface area contributed by atoms with Crippen molar-refractivity contribution in [1.82, 2.24) is 5.32 Å². The molecule has 6 nitrogen and oxygen atoms in total. The third kappa shape index (κ3) is 9.32. The highest BCUT2D eigenvalue weighted by Gasteiger charge is 2.04. The first-order chi connectivity index (χ1) is 8.57. The predicted octanol–water partition coefficient (Wildman–Crippen LogP) is 0.578. The van der Waals surface area contributed by atoms with E-state index >= 15 is 0 Å². The Morgan fingerprint density at radius 3 is 2.17 bits per heavy atom. The van der Waals surface area contributed by atoms with Crippen molar-refractivity contribution in [3.63, 3.8) is 0 Å². The summed E-state index contributed by atoms with van der Waals surface area (Å²) in [5.41, 5.74) is 1.31. The van der Waals surface area contributed by atoms with E-state index in [-0.39, 0.29) is 0 Å². The molecule has 0 radical (unpaired) electrons. The normalized spacial score (nSPS) is 9.17. The molecule has 18 heavy (non-hydrogen) atoms. The summed E-state index contributed by atoms with van der Waals surface area (Å²) in [6.45, 7) is 2.60. The summed E-state index contributed by atoms with van der Waals surface area (Å²) in [7, 11) is 1.71. The van der Waals surface area contributed by atoms with E-state index in [4.69, 9.17) is 24.5 Å². The largest absolute Gasteiger partial charge is 0.473 e. The Bertz CT molecular complexity index is 341. The summed E-state index contributed by atoms with van der Waals surface area (Å²) in [6, 6.07) is 10.3. The van der Waals surface area contributed by atoms with Crippen LogP contribution in [-0.4, -0.2) is 42.4 Å². The van der Waals surface area contributed by atoms with E-state index in [1.807, 2.05) is 18.2 Å². The number of carbonyl (C=O) groups is 2. The number of methoxy groups -OCH3 is 1. The fraction of sp³-hybridized carbons (Fsp3) is 0.333. The number of aliphatic carboxylic acids is 2. The van der Waals surface area contributed by atoms with Crippen LogP contribution in [0, 0.1) is 0 Å². The molecule has 0 aromatic heterocycles. The van der Waals surface area contributed by atoms with Gasteiger partial charge in [0.15, 0.2) is 0 Å². The number of hydrogen-bond acceptors (Lipinski definition) is 4. The summed E-state index contributed by atoms with van der Waals surface area (Å²) >= 11 is 0. The molecule has 0 spiro atoms. The van der Waals surface area contributed by atoms with Crippen LogP contribution in [0.5, 0.6) is 0 Å². The maximum Gasteiger partial charge on any atom is 0.414 e. The van der Waals surface area contributed by atoms with Crippen LogP contribution >= 0.6 is 0 Å². The van der Waals surface area contributed by atoms with Crippen LogP contribution in [0.1, 0.15) is 5.56 Å². The lowest BCUT2D eigenvalue weighted by Gasteiger charge is -2.02. The lowest BCUT2D eigenvalue weighted by atomic mass is 10.2. The molecule has 1 rings (SSSR count). The van der Waals surface area contributed by atoms with Crippen LogP contribution in [0.25, 0.3) is 0 Å². The first-order valence-corrected chi connectivity index (χ1v) is 5.27. The first-order valence-electron chi connectivity index (χ1n) is 5.27. The van der Waals surface area contributed by atoms with E-state index in [0.717, 1.165) is 19.7 Å². The van der Waals surface area contributed by atoms with Gasteiger partial charge in [-0.1, -0.05) is 30.3 Å². The zero-order valence-corrected chi connectivity index (χ0v) is 10.1. The average molecular weight is 255 g/mol. The van der Waals surface area contributed by atoms with Gasteiger partial charge in [-0.2, -0.15) is 0 Å². The second kappa shape index (κ2) is 10.2. The van der Waals surface area contributed by atoms with Gasteiger partial charge in [-0.3, -0.25) is 0 Å². The highest BCUT2D eigenvalue weighted by molar-refractivity contribution is 6.27. The summed E-state index contributed by atoms with van der Waals surface area (Å²) in [5, 5.41) is 18.1. The molecule has 0 aliphatic rings. The zero-order valence-electron chi connectivity index (χ0n) is 10.1. The number of carboxylic acid groups (broad SMARTS) is 2. The van der Waals surface area contributed by atoms with E-state index in [1.165, 1.54) is 5.56 Å². The molecule has 1 aromatic rings. The van der Waals surface area contributed by atoms with E-state index in [2.05, 4.69) is 17.4 Å². The van der Waals surface area contributed by atoms with Crippen molar-refractivity contribution in [2.24, 2.45) is 0 Å². The van der Waals surface area contributed by atoms with Gasteiger partial charge in [0.2, 0.25) is 0 Å². The first kappa shape index (κ1) is 16.1. The van der Waals surface area contributed by atoms with E-state index in [1.54, 1.807) is 7.11 Å². The quantitative estimate of drug-likeness (QED) is 0.526. The Balaban J connectivity index is 0.000000411. The standard InChI is InChI=1S/C10H15NO.C2H2O4/c1-12-8-7-11-9-10-5-3-2-4-6-10;3-1(4)2(5)6/h2-6,11H,7-9H2,1H3;(H,3,4)(H,5,6). The van der Waals surface area contributed by atoms with Gasteiger partial charge in [-0.05, 0) is 5.56 Å². The minimum absolute atomic E-state index is 0.771. The molecule has 0 bridgehead atoms. The van der Waals surface area contributed by atoms with Crippen LogP contribution in [0.15, 0.2) is 30.3 Å². The van der Waals surface area contributed by atoms with Crippen LogP contribution in [0.2, 0.25) is 0 Å². The number of benzene rings is 1. The molecule has 0 saturated heterocycles. The lowest BCUT2D eigenvalue weighted by Crippen LogP contribution is -2.18. The second-order valence-corrected chi connectivity index (χ2v) is 3.27. The molecule has 0 heterocycles. The van der Waals surface area contributed by atoms with Gasteiger partial charge in [0.25, 0.3) is 0 Å². The smallest absolute Gasteiger partial charge is 0.414 e. The fourth-order valence-electron chi connectivity index (χ4n) is 1.00. The van der Waals surface area contributed by atoms with Gasteiger partial charge in [0.05, 0.1) is 6.61 Å². The number of ether oxygens (including phenoxy) is 1. The second-order valence-electron chi connectivity index (χ2n) is 3.27. The van der Waals surface area contributed by atoms with E-state index in [9.17, 15) is 0 Å². The van der Waals surface area contributed by atoms with E-state index < -0.39 is 11.9 Å². The Morgan fingerprint density at radius 1 is 1.17 bits per heavy atom. The molecule has 0 saturated carbocycles. The van der Waals surface area contributed by atoms with Crippen LogP contribution in [-0.2, 0) is 20.9 Å². The number of rotatable bonds is 5. The van der Waals surface area contributed by atoms with E-state index in [0.29, 0.717) is 0 Å². The number of hydrogen-bond donors (Lipinski definition) is 3. The molecular weight excluding hydrogens is 238 g/mol. The molecule has 100 valence electrons. The summed E-state index contributed by atoms with van der Waals surface area (Å²) in [5.74, 6) is -3.65. The molecule has 0 atom stereocenters. The van der Waals surface area contributed by atoms with Crippen molar-refractivity contribution < 1.29 is 24.5 Å². The van der Waals surface area contributed by atoms with Crippen LogP contribution in [0.3, 0.4) is 0 Å². The fourth-order valence-corrected chi connectivity index (χ4v) is 1.00. The minimum Gasteiger partial charge on any atom is -0.473 e. The van der Waals surface area contributed by atoms with Gasteiger partial charge in [0, 0.05) is 20.2 Å². The van der Waals surface area contributed by atoms with Gasteiger partial charge < -0.3 is 20.3 Å².